The standard InChI is InChI=1S/C8H10BrN3.C5H5BrN2.C5H13NO2/c1-12(2)6-11-8-4-3-7(9)5-10-8;6-4-1-2-5(7)8-3-4;1-6(2)5(7-3)8-4/h3-6H,1-2H3;1-3H,(H2,7,8);5H,1-4H3. The van der Waals surface area contributed by atoms with Crippen molar-refractivity contribution in [1.29, 1.82) is 0 Å². The maximum Gasteiger partial charge on any atom is 0.217 e. The largest absolute Gasteiger partial charge is 0.384 e. The lowest BCUT2D eigenvalue weighted by molar-refractivity contribution is -0.179. The minimum atomic E-state index is -0.213. The Morgan fingerprint density at radius 2 is 1.50 bits per heavy atom. The minimum absolute atomic E-state index is 0.213. The minimum Gasteiger partial charge on any atom is -0.384 e. The van der Waals surface area contributed by atoms with Crippen LogP contribution < -0.4 is 5.73 Å². The molecule has 8 nitrogen and oxygen atoms in total. The zero-order chi connectivity index (χ0) is 21.5. The van der Waals surface area contributed by atoms with Gasteiger partial charge in [0, 0.05) is 49.7 Å². The molecular formula is C18H28Br2N6O2. The molecule has 156 valence electrons. The molecule has 0 aliphatic heterocycles. The first-order chi connectivity index (χ1) is 13.2. The Morgan fingerprint density at radius 1 is 0.964 bits per heavy atom. The van der Waals surface area contributed by atoms with Crippen molar-refractivity contribution in [2.75, 3.05) is 48.1 Å². The molecule has 0 spiro atoms. The molecule has 0 fully saturated rings. The number of hydrogen-bond donors (Lipinski definition) is 1. The summed E-state index contributed by atoms with van der Waals surface area (Å²) in [6, 6.07) is 7.35. The average Bonchev–Trinajstić information content (AvgIpc) is 2.65. The lowest BCUT2D eigenvalue weighted by Gasteiger charge is -2.19. The summed E-state index contributed by atoms with van der Waals surface area (Å²) >= 11 is 6.53. The van der Waals surface area contributed by atoms with Gasteiger partial charge in [0.1, 0.15) is 5.82 Å². The first-order valence-electron chi connectivity index (χ1n) is 8.10. The highest BCUT2D eigenvalue weighted by molar-refractivity contribution is 9.10. The van der Waals surface area contributed by atoms with Gasteiger partial charge in [0.05, 0.1) is 6.34 Å². The zero-order valence-electron chi connectivity index (χ0n) is 17.0. The van der Waals surface area contributed by atoms with Gasteiger partial charge < -0.3 is 20.1 Å². The fraction of sp³-hybridized carbons (Fsp3) is 0.389. The monoisotopic (exact) mass is 518 g/mol. The fourth-order valence-corrected chi connectivity index (χ4v) is 1.99. The third-order valence-corrected chi connectivity index (χ3v) is 3.65. The molecule has 10 heteroatoms. The summed E-state index contributed by atoms with van der Waals surface area (Å²) in [4.78, 5) is 15.7. The van der Waals surface area contributed by atoms with Gasteiger partial charge in [-0.15, -0.1) is 0 Å². The molecule has 2 heterocycles. The van der Waals surface area contributed by atoms with Gasteiger partial charge in [-0.1, -0.05) is 0 Å². The number of nitrogens with two attached hydrogens (primary N) is 1. The smallest absolute Gasteiger partial charge is 0.217 e. The topological polar surface area (TPSA) is 89.1 Å². The van der Waals surface area contributed by atoms with Crippen LogP contribution in [0.1, 0.15) is 0 Å². The van der Waals surface area contributed by atoms with Gasteiger partial charge >= 0.3 is 0 Å². The molecule has 0 unspecified atom stereocenters. The molecule has 0 aromatic carbocycles. The number of ether oxygens (including phenoxy) is 2. The summed E-state index contributed by atoms with van der Waals surface area (Å²) in [7, 11) is 10.8. The van der Waals surface area contributed by atoms with Crippen molar-refractivity contribution in [3.8, 4) is 0 Å². The van der Waals surface area contributed by atoms with Gasteiger partial charge in [0.15, 0.2) is 5.82 Å². The van der Waals surface area contributed by atoms with Crippen molar-refractivity contribution in [2.24, 2.45) is 4.99 Å². The summed E-state index contributed by atoms with van der Waals surface area (Å²) in [5.41, 5.74) is 5.29. The van der Waals surface area contributed by atoms with Crippen molar-refractivity contribution in [1.82, 2.24) is 19.8 Å². The van der Waals surface area contributed by atoms with Crippen LogP contribution in [0.5, 0.6) is 0 Å². The molecule has 0 aliphatic carbocycles. The van der Waals surface area contributed by atoms with Crippen molar-refractivity contribution in [3.05, 3.63) is 45.6 Å². The SMILES string of the molecule is CN(C)C=Nc1ccc(Br)cn1.COC(OC)N(C)C.Nc1ccc(Br)cn1. The molecule has 0 aliphatic rings. The first-order valence-corrected chi connectivity index (χ1v) is 9.69. The Kier molecular flexibility index (Phi) is 14.5. The number of rotatable bonds is 5. The van der Waals surface area contributed by atoms with Crippen molar-refractivity contribution in [2.45, 2.75) is 6.41 Å². The molecule has 0 saturated heterocycles. The highest BCUT2D eigenvalue weighted by atomic mass is 79.9. The van der Waals surface area contributed by atoms with Gasteiger partial charge in [0.25, 0.3) is 0 Å². The number of halogens is 2. The van der Waals surface area contributed by atoms with Gasteiger partial charge in [-0.05, 0) is 70.2 Å². The van der Waals surface area contributed by atoms with E-state index in [0.29, 0.717) is 11.6 Å². The second-order valence-electron chi connectivity index (χ2n) is 5.69. The summed E-state index contributed by atoms with van der Waals surface area (Å²) in [5, 5.41) is 0. The van der Waals surface area contributed by atoms with E-state index >= 15 is 0 Å². The van der Waals surface area contributed by atoms with E-state index in [1.807, 2.05) is 56.2 Å². The quantitative estimate of drug-likeness (QED) is 0.366. The maximum atomic E-state index is 5.29. The first kappa shape index (κ1) is 26.4. The molecule has 0 atom stereocenters. The second kappa shape index (κ2) is 15.3. The Labute approximate surface area is 184 Å². The number of aliphatic imine (C=N–C) groups is 1. The summed E-state index contributed by atoms with van der Waals surface area (Å²) in [5.74, 6) is 1.26. The van der Waals surface area contributed by atoms with Crippen molar-refractivity contribution in [3.63, 3.8) is 0 Å². The third kappa shape index (κ3) is 13.6. The lowest BCUT2D eigenvalue weighted by atomic mass is 10.5. The Bertz CT molecular complexity index is 642. The number of nitrogens with zero attached hydrogens (tertiary/aromatic N) is 5. The highest BCUT2D eigenvalue weighted by Gasteiger charge is 2.04. The van der Waals surface area contributed by atoms with E-state index in [4.69, 9.17) is 15.2 Å². The number of aromatic nitrogens is 2. The Balaban J connectivity index is 0.000000405. The molecule has 0 bridgehead atoms. The number of anilines is 1. The molecular weight excluding hydrogens is 492 g/mol. The number of nitrogen functional groups attached to an aromatic ring is 1. The fourth-order valence-electron chi connectivity index (χ4n) is 1.52. The van der Waals surface area contributed by atoms with Crippen LogP contribution in [0.15, 0.2) is 50.6 Å². The third-order valence-electron chi connectivity index (χ3n) is 2.71. The Morgan fingerprint density at radius 3 is 1.79 bits per heavy atom. The maximum absolute atomic E-state index is 5.29. The van der Waals surface area contributed by atoms with E-state index in [2.05, 4.69) is 46.8 Å². The van der Waals surface area contributed by atoms with Gasteiger partial charge in [-0.3, -0.25) is 4.90 Å². The van der Waals surface area contributed by atoms with Crippen LogP contribution in [0.2, 0.25) is 0 Å². The van der Waals surface area contributed by atoms with Crippen LogP contribution in [-0.2, 0) is 9.47 Å². The van der Waals surface area contributed by atoms with Crippen LogP contribution in [0.4, 0.5) is 11.6 Å². The molecule has 28 heavy (non-hydrogen) atoms. The van der Waals surface area contributed by atoms with E-state index in [1.165, 1.54) is 0 Å². The van der Waals surface area contributed by atoms with Crippen LogP contribution >= 0.6 is 31.9 Å². The van der Waals surface area contributed by atoms with Crippen molar-refractivity contribution >= 4 is 49.8 Å². The normalized spacial score (nSPS) is 10.4. The summed E-state index contributed by atoms with van der Waals surface area (Å²) < 4.78 is 11.6. The van der Waals surface area contributed by atoms with E-state index in [1.54, 1.807) is 39.0 Å². The van der Waals surface area contributed by atoms with E-state index in [9.17, 15) is 0 Å². The Hall–Kier alpha value is -1.59. The lowest BCUT2D eigenvalue weighted by Crippen LogP contribution is -2.30. The van der Waals surface area contributed by atoms with Crippen LogP contribution in [0.3, 0.4) is 0 Å². The number of pyridine rings is 2. The second-order valence-corrected chi connectivity index (χ2v) is 7.52. The van der Waals surface area contributed by atoms with Gasteiger partial charge in [0.2, 0.25) is 6.41 Å². The van der Waals surface area contributed by atoms with Gasteiger partial charge in [-0.2, -0.15) is 0 Å². The molecule has 0 amide bonds. The summed E-state index contributed by atoms with van der Waals surface area (Å²) in [6.45, 7) is 0. The predicted octanol–water partition coefficient (Wildman–Crippen LogP) is 3.62. The average molecular weight is 520 g/mol. The number of methoxy groups -OCH3 is 2. The van der Waals surface area contributed by atoms with E-state index in [-0.39, 0.29) is 6.41 Å². The molecule has 0 saturated carbocycles. The molecule has 2 rings (SSSR count). The van der Waals surface area contributed by atoms with E-state index in [0.717, 1.165) is 8.95 Å². The molecule has 2 N–H and O–H groups in total. The predicted molar refractivity (Wildman–Crippen MR) is 122 cm³/mol. The summed E-state index contributed by atoms with van der Waals surface area (Å²) in [6.07, 6.45) is 4.89. The van der Waals surface area contributed by atoms with Gasteiger partial charge in [-0.25, -0.2) is 15.0 Å². The molecule has 2 aromatic heterocycles. The van der Waals surface area contributed by atoms with Crippen molar-refractivity contribution < 1.29 is 9.47 Å². The zero-order valence-corrected chi connectivity index (χ0v) is 20.2. The molecule has 0 radical (unpaired) electrons. The highest BCUT2D eigenvalue weighted by Crippen LogP contribution is 2.12. The number of hydrogen-bond acceptors (Lipinski definition) is 7. The molecule has 2 aromatic rings. The van der Waals surface area contributed by atoms with Crippen LogP contribution in [-0.4, -0.2) is 74.9 Å². The van der Waals surface area contributed by atoms with Crippen LogP contribution in [0, 0.1) is 0 Å². The van der Waals surface area contributed by atoms with Crippen LogP contribution in [0.25, 0.3) is 0 Å². The van der Waals surface area contributed by atoms with E-state index < -0.39 is 0 Å².